The minimum atomic E-state index is -0.690. The second-order valence-electron chi connectivity index (χ2n) is 3.84. The van der Waals surface area contributed by atoms with E-state index in [1.165, 1.54) is 0 Å². The molecule has 2 atom stereocenters. The molecule has 1 rings (SSSR count). The molecule has 5 heteroatoms. The van der Waals surface area contributed by atoms with Gasteiger partial charge in [-0.05, 0) is 24.1 Å². The number of rotatable bonds is 6. The van der Waals surface area contributed by atoms with Gasteiger partial charge in [-0.1, -0.05) is 19.1 Å². The van der Waals surface area contributed by atoms with Crippen molar-refractivity contribution in [3.63, 3.8) is 0 Å². The van der Waals surface area contributed by atoms with Gasteiger partial charge in [0.15, 0.2) is 6.61 Å². The van der Waals surface area contributed by atoms with Crippen molar-refractivity contribution in [2.75, 3.05) is 6.61 Å². The van der Waals surface area contributed by atoms with Crippen molar-refractivity contribution in [2.45, 2.75) is 25.5 Å². The van der Waals surface area contributed by atoms with Gasteiger partial charge in [0.2, 0.25) is 0 Å². The summed E-state index contributed by atoms with van der Waals surface area (Å²) >= 11 is 0. The van der Waals surface area contributed by atoms with Crippen LogP contribution in [-0.4, -0.2) is 23.7 Å². The van der Waals surface area contributed by atoms with Crippen LogP contribution >= 0.6 is 0 Å². The van der Waals surface area contributed by atoms with Crippen molar-refractivity contribution < 1.29 is 14.6 Å². The molecule has 0 aliphatic rings. The number of amides is 1. The lowest BCUT2D eigenvalue weighted by molar-refractivity contribution is -0.119. The summed E-state index contributed by atoms with van der Waals surface area (Å²) in [6, 6.07) is 6.49. The van der Waals surface area contributed by atoms with Crippen LogP contribution in [0.3, 0.4) is 0 Å². The lowest BCUT2D eigenvalue weighted by Gasteiger charge is -2.17. The molecule has 0 saturated heterocycles. The maximum absolute atomic E-state index is 10.5. The van der Waals surface area contributed by atoms with E-state index in [-0.39, 0.29) is 12.6 Å². The highest BCUT2D eigenvalue weighted by molar-refractivity contribution is 5.75. The number of hydrogen-bond acceptors (Lipinski definition) is 4. The Kier molecular flexibility index (Phi) is 4.93. The average molecular weight is 238 g/mol. The zero-order valence-electron chi connectivity index (χ0n) is 9.80. The molecule has 0 saturated carbocycles. The Bertz CT molecular complexity index is 365. The maximum atomic E-state index is 10.5. The van der Waals surface area contributed by atoms with Crippen molar-refractivity contribution in [2.24, 2.45) is 11.5 Å². The molecule has 1 aromatic rings. The van der Waals surface area contributed by atoms with Crippen LogP contribution in [-0.2, 0) is 4.79 Å². The fourth-order valence-corrected chi connectivity index (χ4v) is 1.39. The molecule has 5 N–H and O–H groups in total. The Balaban J connectivity index is 2.64. The highest BCUT2D eigenvalue weighted by Crippen LogP contribution is 2.20. The number of nitrogens with two attached hydrogens (primary N) is 2. The molecule has 94 valence electrons. The molecule has 5 nitrogen and oxygen atoms in total. The van der Waals surface area contributed by atoms with Gasteiger partial charge in [0.05, 0.1) is 6.10 Å². The van der Waals surface area contributed by atoms with Crippen LogP contribution in [0.2, 0.25) is 0 Å². The summed E-state index contributed by atoms with van der Waals surface area (Å²) in [5.74, 6) is 0.00642. The first kappa shape index (κ1) is 13.5. The Morgan fingerprint density at radius 1 is 1.41 bits per heavy atom. The predicted octanol–water partition coefficient (Wildman–Crippen LogP) is 0.321. The second kappa shape index (κ2) is 6.22. The Morgan fingerprint density at radius 3 is 2.47 bits per heavy atom. The monoisotopic (exact) mass is 238 g/mol. The van der Waals surface area contributed by atoms with Crippen molar-refractivity contribution in [3.05, 3.63) is 29.8 Å². The van der Waals surface area contributed by atoms with Gasteiger partial charge in [0.1, 0.15) is 5.75 Å². The predicted molar refractivity (Wildman–Crippen MR) is 64.4 cm³/mol. The van der Waals surface area contributed by atoms with Gasteiger partial charge in [0, 0.05) is 6.04 Å². The normalized spacial score (nSPS) is 14.1. The zero-order valence-corrected chi connectivity index (χ0v) is 9.80. The quantitative estimate of drug-likeness (QED) is 0.664. The Morgan fingerprint density at radius 2 is 2.00 bits per heavy atom. The molecule has 17 heavy (non-hydrogen) atoms. The van der Waals surface area contributed by atoms with Gasteiger partial charge in [0.25, 0.3) is 5.91 Å². The number of primary amides is 1. The second-order valence-corrected chi connectivity index (χ2v) is 3.84. The fourth-order valence-electron chi connectivity index (χ4n) is 1.39. The fraction of sp³-hybridized carbons (Fsp3) is 0.417. The summed E-state index contributed by atoms with van der Waals surface area (Å²) in [7, 11) is 0. The number of benzene rings is 1. The van der Waals surface area contributed by atoms with Crippen LogP contribution in [0, 0.1) is 0 Å². The number of carbonyl (C=O) groups excluding carboxylic acids is 1. The van der Waals surface area contributed by atoms with E-state index in [0.717, 1.165) is 5.56 Å². The van der Waals surface area contributed by atoms with E-state index >= 15 is 0 Å². The van der Waals surface area contributed by atoms with Crippen molar-refractivity contribution in [1.82, 2.24) is 0 Å². The Labute approximate surface area is 100 Å². The van der Waals surface area contributed by atoms with Crippen molar-refractivity contribution in [3.8, 4) is 5.75 Å². The first-order valence-corrected chi connectivity index (χ1v) is 5.49. The van der Waals surface area contributed by atoms with E-state index in [4.69, 9.17) is 16.2 Å². The molecule has 0 spiro atoms. The highest BCUT2D eigenvalue weighted by atomic mass is 16.5. The van der Waals surface area contributed by atoms with Gasteiger partial charge in [-0.15, -0.1) is 0 Å². The summed E-state index contributed by atoms with van der Waals surface area (Å²) in [6.45, 7) is 1.76. The van der Waals surface area contributed by atoms with Crippen LogP contribution < -0.4 is 16.2 Å². The summed E-state index contributed by atoms with van der Waals surface area (Å²) in [5, 5.41) is 9.86. The molecule has 0 bridgehead atoms. The maximum Gasteiger partial charge on any atom is 0.255 e. The summed E-state index contributed by atoms with van der Waals surface area (Å²) in [5.41, 5.74) is 11.4. The number of hydrogen-bond donors (Lipinski definition) is 3. The zero-order chi connectivity index (χ0) is 12.8. The smallest absolute Gasteiger partial charge is 0.255 e. The average Bonchev–Trinajstić information content (AvgIpc) is 2.35. The molecule has 0 heterocycles. The Hall–Kier alpha value is -1.59. The van der Waals surface area contributed by atoms with Crippen LogP contribution in [0.4, 0.5) is 0 Å². The topological polar surface area (TPSA) is 98.6 Å². The SMILES string of the molecule is CCC(N)C(O)c1ccc(OCC(N)=O)cc1. The van der Waals surface area contributed by atoms with Gasteiger partial charge < -0.3 is 21.3 Å². The van der Waals surface area contributed by atoms with Crippen LogP contribution in [0.5, 0.6) is 5.75 Å². The van der Waals surface area contributed by atoms with Gasteiger partial charge in [-0.3, -0.25) is 4.79 Å². The minimum absolute atomic E-state index is 0.156. The lowest BCUT2D eigenvalue weighted by atomic mass is 10.0. The third-order valence-corrected chi connectivity index (χ3v) is 2.48. The van der Waals surface area contributed by atoms with Gasteiger partial charge in [-0.2, -0.15) is 0 Å². The number of ether oxygens (including phenoxy) is 1. The van der Waals surface area contributed by atoms with Crippen LogP contribution in [0.25, 0.3) is 0 Å². The van der Waals surface area contributed by atoms with Gasteiger partial charge >= 0.3 is 0 Å². The van der Waals surface area contributed by atoms with E-state index in [1.807, 2.05) is 6.92 Å². The number of aliphatic hydroxyl groups is 1. The third kappa shape index (κ3) is 4.05. The summed E-state index contributed by atoms with van der Waals surface area (Å²) < 4.78 is 5.10. The molecule has 1 amide bonds. The third-order valence-electron chi connectivity index (χ3n) is 2.48. The van der Waals surface area contributed by atoms with E-state index in [1.54, 1.807) is 24.3 Å². The van der Waals surface area contributed by atoms with Gasteiger partial charge in [-0.25, -0.2) is 0 Å². The molecule has 0 aromatic heterocycles. The van der Waals surface area contributed by atoms with Crippen LogP contribution in [0.15, 0.2) is 24.3 Å². The van der Waals surface area contributed by atoms with E-state index < -0.39 is 12.0 Å². The molecule has 0 fully saturated rings. The molecule has 0 aliphatic heterocycles. The standard InChI is InChI=1S/C12H18N2O3/c1-2-10(13)12(16)8-3-5-9(6-4-8)17-7-11(14)15/h3-6,10,12,16H,2,7,13H2,1H3,(H2,14,15). The lowest BCUT2D eigenvalue weighted by Crippen LogP contribution is -2.27. The molecule has 2 unspecified atom stereocenters. The molecular formula is C12H18N2O3. The van der Waals surface area contributed by atoms with E-state index in [9.17, 15) is 9.90 Å². The van der Waals surface area contributed by atoms with E-state index in [2.05, 4.69) is 0 Å². The van der Waals surface area contributed by atoms with E-state index in [0.29, 0.717) is 12.2 Å². The number of aliphatic hydroxyl groups excluding tert-OH is 1. The highest BCUT2D eigenvalue weighted by Gasteiger charge is 2.14. The minimum Gasteiger partial charge on any atom is -0.484 e. The first-order chi connectivity index (χ1) is 8.04. The molecular weight excluding hydrogens is 220 g/mol. The van der Waals surface area contributed by atoms with Crippen molar-refractivity contribution >= 4 is 5.91 Å². The summed E-state index contributed by atoms with van der Waals surface area (Å²) in [6.07, 6.45) is 0.00589. The van der Waals surface area contributed by atoms with Crippen LogP contribution in [0.1, 0.15) is 25.0 Å². The molecule has 0 aliphatic carbocycles. The number of carbonyl (C=O) groups is 1. The molecule has 1 aromatic carbocycles. The molecule has 0 radical (unpaired) electrons. The summed E-state index contributed by atoms with van der Waals surface area (Å²) in [4.78, 5) is 10.5. The first-order valence-electron chi connectivity index (χ1n) is 5.49. The van der Waals surface area contributed by atoms with Crippen molar-refractivity contribution in [1.29, 1.82) is 0 Å². The largest absolute Gasteiger partial charge is 0.484 e.